The average molecular weight is 552 g/mol. The molecular formula is C31H26BrN3O2. The molecule has 0 aromatic heterocycles. The van der Waals surface area contributed by atoms with Crippen LogP contribution < -0.4 is 9.64 Å². The predicted octanol–water partition coefficient (Wildman–Crippen LogP) is 6.44. The molecule has 1 amide bonds. The number of fused-ring (bicyclic) bond motifs is 1. The van der Waals surface area contributed by atoms with Crippen molar-refractivity contribution in [2.24, 2.45) is 0 Å². The Balaban J connectivity index is 1.22. The molecule has 0 N–H and O–H groups in total. The Bertz CT molecular complexity index is 1490. The van der Waals surface area contributed by atoms with E-state index in [1.54, 1.807) is 11.0 Å². The first-order chi connectivity index (χ1) is 18.1. The highest BCUT2D eigenvalue weighted by atomic mass is 79.9. The van der Waals surface area contributed by atoms with Gasteiger partial charge in [0, 0.05) is 31.9 Å². The van der Waals surface area contributed by atoms with Crippen molar-refractivity contribution in [3.05, 3.63) is 112 Å². The van der Waals surface area contributed by atoms with Gasteiger partial charge in [-0.1, -0.05) is 60.7 Å². The lowest BCUT2D eigenvalue weighted by molar-refractivity contribution is -0.126. The Hall–Kier alpha value is -4.08. The second-order valence-corrected chi connectivity index (χ2v) is 9.80. The molecule has 5 rings (SSSR count). The van der Waals surface area contributed by atoms with Crippen molar-refractivity contribution in [1.29, 1.82) is 5.26 Å². The molecule has 0 aliphatic carbocycles. The van der Waals surface area contributed by atoms with E-state index in [1.807, 2.05) is 48.5 Å². The molecule has 0 atom stereocenters. The van der Waals surface area contributed by atoms with Crippen LogP contribution in [0.2, 0.25) is 0 Å². The maximum absolute atomic E-state index is 13.1. The Morgan fingerprint density at radius 2 is 1.62 bits per heavy atom. The van der Waals surface area contributed by atoms with Gasteiger partial charge in [-0.25, -0.2) is 0 Å². The van der Waals surface area contributed by atoms with Crippen molar-refractivity contribution in [3.8, 4) is 11.8 Å². The summed E-state index contributed by atoms with van der Waals surface area (Å²) >= 11 is 3.58. The Labute approximate surface area is 225 Å². The Kier molecular flexibility index (Phi) is 7.53. The molecule has 1 aliphatic heterocycles. The number of piperazine rings is 1. The summed E-state index contributed by atoms with van der Waals surface area (Å²) in [7, 11) is 0. The number of benzene rings is 4. The van der Waals surface area contributed by atoms with Gasteiger partial charge < -0.3 is 14.5 Å². The highest BCUT2D eigenvalue weighted by Gasteiger charge is 2.24. The van der Waals surface area contributed by atoms with Crippen LogP contribution in [0.15, 0.2) is 101 Å². The molecule has 0 spiro atoms. The van der Waals surface area contributed by atoms with Crippen LogP contribution in [-0.2, 0) is 11.4 Å². The third kappa shape index (κ3) is 5.84. The minimum atomic E-state index is -0.233. The fraction of sp³-hybridized carbons (Fsp3) is 0.161. The summed E-state index contributed by atoms with van der Waals surface area (Å²) in [4.78, 5) is 17.1. The molecule has 1 saturated heterocycles. The van der Waals surface area contributed by atoms with Gasteiger partial charge in [-0.2, -0.15) is 5.26 Å². The van der Waals surface area contributed by atoms with E-state index in [1.165, 1.54) is 10.8 Å². The standard InChI is InChI=1S/C31H26BrN3O2/c32-29-20-23(11-13-30(29)37-22-24-10-12-25-6-4-5-7-26(25)19-24)18-27(21-33)31(36)35-16-14-34(15-17-35)28-8-2-1-3-9-28/h1-13,18-20H,14-17,22H2/b27-18-. The normalized spacial score (nSPS) is 13.9. The topological polar surface area (TPSA) is 56.6 Å². The van der Waals surface area contributed by atoms with Crippen molar-refractivity contribution in [2.75, 3.05) is 31.1 Å². The van der Waals surface area contributed by atoms with E-state index in [9.17, 15) is 10.1 Å². The largest absolute Gasteiger partial charge is 0.488 e. The SMILES string of the molecule is N#C/C(=C/c1ccc(OCc2ccc3ccccc3c2)c(Br)c1)C(=O)N1CCN(c2ccccc2)CC1. The maximum Gasteiger partial charge on any atom is 0.264 e. The molecule has 184 valence electrons. The van der Waals surface area contributed by atoms with Crippen LogP contribution in [0.5, 0.6) is 5.75 Å². The second kappa shape index (κ2) is 11.3. The minimum Gasteiger partial charge on any atom is -0.488 e. The molecule has 6 heteroatoms. The molecule has 4 aromatic rings. The van der Waals surface area contributed by atoms with E-state index in [2.05, 4.69) is 69.4 Å². The lowest BCUT2D eigenvalue weighted by atomic mass is 10.1. The van der Waals surface area contributed by atoms with Crippen LogP contribution in [0.1, 0.15) is 11.1 Å². The predicted molar refractivity (Wildman–Crippen MR) is 151 cm³/mol. The van der Waals surface area contributed by atoms with Gasteiger partial charge in [-0.3, -0.25) is 4.79 Å². The number of halogens is 1. The first kappa shape index (κ1) is 24.6. The van der Waals surface area contributed by atoms with Crippen molar-refractivity contribution in [3.63, 3.8) is 0 Å². The van der Waals surface area contributed by atoms with E-state index in [4.69, 9.17) is 4.74 Å². The van der Waals surface area contributed by atoms with Gasteiger partial charge in [-0.05, 0) is 74.2 Å². The number of carbonyl (C=O) groups is 1. The Morgan fingerprint density at radius 1 is 0.892 bits per heavy atom. The van der Waals surface area contributed by atoms with Crippen LogP contribution in [0.25, 0.3) is 16.8 Å². The number of para-hydroxylation sites is 1. The second-order valence-electron chi connectivity index (χ2n) is 8.94. The number of amides is 1. The van der Waals surface area contributed by atoms with E-state index in [-0.39, 0.29) is 11.5 Å². The molecule has 1 aliphatic rings. The fourth-order valence-corrected chi connectivity index (χ4v) is 5.01. The number of hydrogen-bond acceptors (Lipinski definition) is 4. The van der Waals surface area contributed by atoms with Gasteiger partial charge in [-0.15, -0.1) is 0 Å². The van der Waals surface area contributed by atoms with Crippen LogP contribution in [0, 0.1) is 11.3 Å². The Morgan fingerprint density at radius 3 is 2.35 bits per heavy atom. The fourth-order valence-electron chi connectivity index (χ4n) is 4.50. The highest BCUT2D eigenvalue weighted by Crippen LogP contribution is 2.28. The van der Waals surface area contributed by atoms with Crippen LogP contribution in [-0.4, -0.2) is 37.0 Å². The maximum atomic E-state index is 13.1. The summed E-state index contributed by atoms with van der Waals surface area (Å²) in [5.41, 5.74) is 3.13. The number of rotatable bonds is 6. The summed E-state index contributed by atoms with van der Waals surface area (Å²) in [5.74, 6) is 0.468. The van der Waals surface area contributed by atoms with E-state index in [0.717, 1.165) is 34.4 Å². The van der Waals surface area contributed by atoms with Crippen LogP contribution in [0.4, 0.5) is 5.69 Å². The molecule has 0 saturated carbocycles. The lowest BCUT2D eigenvalue weighted by Gasteiger charge is -2.36. The monoisotopic (exact) mass is 551 g/mol. The molecule has 37 heavy (non-hydrogen) atoms. The zero-order valence-electron chi connectivity index (χ0n) is 20.3. The van der Waals surface area contributed by atoms with Gasteiger partial charge in [0.05, 0.1) is 4.47 Å². The number of hydrogen-bond donors (Lipinski definition) is 0. The number of anilines is 1. The number of carbonyl (C=O) groups excluding carboxylic acids is 1. The summed E-state index contributed by atoms with van der Waals surface area (Å²) < 4.78 is 6.80. The first-order valence-corrected chi connectivity index (χ1v) is 13.0. The zero-order valence-corrected chi connectivity index (χ0v) is 21.9. The summed E-state index contributed by atoms with van der Waals surface area (Å²) in [6, 6.07) is 32.4. The van der Waals surface area contributed by atoms with Gasteiger partial charge in [0.25, 0.3) is 5.91 Å². The third-order valence-corrected chi connectivity index (χ3v) is 7.13. The summed E-state index contributed by atoms with van der Waals surface area (Å²) in [6.45, 7) is 3.08. The van der Waals surface area contributed by atoms with E-state index >= 15 is 0 Å². The van der Waals surface area contributed by atoms with Crippen LogP contribution >= 0.6 is 15.9 Å². The van der Waals surface area contributed by atoms with E-state index < -0.39 is 0 Å². The molecule has 0 unspecified atom stereocenters. The smallest absolute Gasteiger partial charge is 0.264 e. The number of nitriles is 1. The van der Waals surface area contributed by atoms with E-state index in [0.29, 0.717) is 25.4 Å². The van der Waals surface area contributed by atoms with Crippen LogP contribution in [0.3, 0.4) is 0 Å². The minimum absolute atomic E-state index is 0.130. The number of ether oxygens (including phenoxy) is 1. The third-order valence-electron chi connectivity index (χ3n) is 6.51. The molecule has 4 aromatic carbocycles. The van der Waals surface area contributed by atoms with Gasteiger partial charge in [0.1, 0.15) is 24.0 Å². The first-order valence-electron chi connectivity index (χ1n) is 12.2. The summed E-state index contributed by atoms with van der Waals surface area (Å²) in [6.07, 6.45) is 1.64. The molecule has 0 radical (unpaired) electrons. The quantitative estimate of drug-likeness (QED) is 0.204. The molecule has 1 heterocycles. The zero-order chi connectivity index (χ0) is 25.6. The van der Waals surface area contributed by atoms with Gasteiger partial charge >= 0.3 is 0 Å². The molecule has 1 fully saturated rings. The van der Waals surface area contributed by atoms with Crippen molar-refractivity contribution >= 4 is 44.4 Å². The molecule has 5 nitrogen and oxygen atoms in total. The average Bonchev–Trinajstić information content (AvgIpc) is 2.95. The van der Waals surface area contributed by atoms with Gasteiger partial charge in [0.2, 0.25) is 0 Å². The van der Waals surface area contributed by atoms with Crippen molar-refractivity contribution < 1.29 is 9.53 Å². The lowest BCUT2D eigenvalue weighted by Crippen LogP contribution is -2.49. The summed E-state index contributed by atoms with van der Waals surface area (Å²) in [5, 5.41) is 12.1. The highest BCUT2D eigenvalue weighted by molar-refractivity contribution is 9.10. The van der Waals surface area contributed by atoms with Gasteiger partial charge in [0.15, 0.2) is 0 Å². The number of nitrogens with zero attached hydrogens (tertiary/aromatic N) is 3. The molecular weight excluding hydrogens is 526 g/mol. The molecule has 0 bridgehead atoms. The van der Waals surface area contributed by atoms with Crippen molar-refractivity contribution in [1.82, 2.24) is 4.90 Å². The van der Waals surface area contributed by atoms with Crippen molar-refractivity contribution in [2.45, 2.75) is 6.61 Å².